The molecule has 0 aromatic carbocycles. The van der Waals surface area contributed by atoms with Crippen molar-refractivity contribution in [2.75, 3.05) is 19.8 Å². The van der Waals surface area contributed by atoms with Gasteiger partial charge in [-0.05, 0) is 20.4 Å². The average Bonchev–Trinajstić information content (AvgIpc) is 2.15. The molecule has 0 radical (unpaired) electrons. The minimum absolute atomic E-state index is 0.136. The van der Waals surface area contributed by atoms with Crippen LogP contribution in [0.4, 0.5) is 0 Å². The number of carbonyl (C=O) groups excluding carboxylic acids is 1. The van der Waals surface area contributed by atoms with Crippen LogP contribution in [0.5, 0.6) is 0 Å². The second-order valence-corrected chi connectivity index (χ2v) is 3.82. The molecule has 0 spiro atoms. The number of rotatable bonds is 6. The van der Waals surface area contributed by atoms with E-state index in [-0.39, 0.29) is 12.1 Å². The molecule has 4 heteroatoms. The van der Waals surface area contributed by atoms with Gasteiger partial charge in [-0.2, -0.15) is 0 Å². The predicted octanol–water partition coefficient (Wildman–Crippen LogP) is 1.10. The maximum absolute atomic E-state index is 11.7. The predicted molar refractivity (Wildman–Crippen MR) is 57.7 cm³/mol. The average molecular weight is 215 g/mol. The number of ether oxygens (including phenoxy) is 2. The Labute approximate surface area is 91.3 Å². The molecule has 0 amide bonds. The fourth-order valence-electron chi connectivity index (χ4n) is 2.06. The van der Waals surface area contributed by atoms with Gasteiger partial charge >= 0.3 is 5.97 Å². The third-order valence-electron chi connectivity index (χ3n) is 2.74. The second kappa shape index (κ2) is 5.47. The maximum Gasteiger partial charge on any atom is 0.326 e. The molecular formula is C11H21NO3. The maximum atomic E-state index is 11.7. The van der Waals surface area contributed by atoms with Crippen LogP contribution in [0.25, 0.3) is 0 Å². The molecule has 0 atom stereocenters. The molecule has 1 rings (SSSR count). The molecule has 0 saturated heterocycles. The highest BCUT2D eigenvalue weighted by molar-refractivity contribution is 5.82. The van der Waals surface area contributed by atoms with Gasteiger partial charge in [0.2, 0.25) is 0 Å². The summed E-state index contributed by atoms with van der Waals surface area (Å²) in [5, 5.41) is 3.21. The zero-order valence-electron chi connectivity index (χ0n) is 9.84. The van der Waals surface area contributed by atoms with E-state index in [0.717, 1.165) is 19.4 Å². The van der Waals surface area contributed by atoms with Crippen LogP contribution in [-0.2, 0) is 14.3 Å². The Morgan fingerprint density at radius 2 is 2.00 bits per heavy atom. The van der Waals surface area contributed by atoms with Crippen molar-refractivity contribution in [3.63, 3.8) is 0 Å². The standard InChI is InChI=1S/C11H21NO3/c1-4-12-11(10(13)15-6-3)7-9(8-11)14-5-2/h9,12H,4-8H2,1-3H3. The first kappa shape index (κ1) is 12.5. The fraction of sp³-hybridized carbons (Fsp3) is 0.909. The van der Waals surface area contributed by atoms with Crippen LogP contribution in [0.3, 0.4) is 0 Å². The van der Waals surface area contributed by atoms with Gasteiger partial charge in [0.05, 0.1) is 12.7 Å². The van der Waals surface area contributed by atoms with Crippen LogP contribution in [0.1, 0.15) is 33.6 Å². The smallest absolute Gasteiger partial charge is 0.326 e. The van der Waals surface area contributed by atoms with Crippen molar-refractivity contribution in [3.05, 3.63) is 0 Å². The van der Waals surface area contributed by atoms with E-state index < -0.39 is 5.54 Å². The molecule has 0 heterocycles. The lowest BCUT2D eigenvalue weighted by Gasteiger charge is -2.45. The zero-order valence-corrected chi connectivity index (χ0v) is 9.84. The number of esters is 1. The molecule has 1 fully saturated rings. The summed E-state index contributed by atoms with van der Waals surface area (Å²) in [4.78, 5) is 11.7. The molecule has 1 aliphatic carbocycles. The number of likely N-dealkylation sites (N-methyl/N-ethyl adjacent to an activating group) is 1. The van der Waals surface area contributed by atoms with Crippen molar-refractivity contribution in [3.8, 4) is 0 Å². The van der Waals surface area contributed by atoms with E-state index in [0.29, 0.717) is 13.2 Å². The highest BCUT2D eigenvalue weighted by Crippen LogP contribution is 2.35. The summed E-state index contributed by atoms with van der Waals surface area (Å²) in [5.41, 5.74) is -0.482. The number of hydrogen-bond acceptors (Lipinski definition) is 4. The minimum Gasteiger partial charge on any atom is -0.465 e. The van der Waals surface area contributed by atoms with Crippen molar-refractivity contribution in [1.82, 2.24) is 5.32 Å². The van der Waals surface area contributed by atoms with Crippen molar-refractivity contribution in [1.29, 1.82) is 0 Å². The van der Waals surface area contributed by atoms with Crippen molar-refractivity contribution < 1.29 is 14.3 Å². The molecule has 1 saturated carbocycles. The van der Waals surface area contributed by atoms with Crippen LogP contribution in [-0.4, -0.2) is 37.4 Å². The van der Waals surface area contributed by atoms with Gasteiger partial charge in [-0.15, -0.1) is 0 Å². The molecule has 4 nitrogen and oxygen atoms in total. The zero-order chi connectivity index (χ0) is 11.3. The topological polar surface area (TPSA) is 47.6 Å². The third kappa shape index (κ3) is 2.69. The van der Waals surface area contributed by atoms with Crippen LogP contribution in [0.2, 0.25) is 0 Å². The van der Waals surface area contributed by atoms with Crippen LogP contribution in [0.15, 0.2) is 0 Å². The summed E-state index contributed by atoms with van der Waals surface area (Å²) in [7, 11) is 0. The van der Waals surface area contributed by atoms with E-state index in [1.165, 1.54) is 0 Å². The second-order valence-electron chi connectivity index (χ2n) is 3.82. The van der Waals surface area contributed by atoms with E-state index in [9.17, 15) is 4.79 Å². The molecule has 88 valence electrons. The Hall–Kier alpha value is -0.610. The number of carbonyl (C=O) groups is 1. The number of nitrogens with one attached hydrogen (secondary N) is 1. The van der Waals surface area contributed by atoms with Crippen molar-refractivity contribution in [2.45, 2.75) is 45.3 Å². The van der Waals surface area contributed by atoms with Gasteiger partial charge in [-0.3, -0.25) is 4.79 Å². The molecule has 15 heavy (non-hydrogen) atoms. The SMILES string of the molecule is CCNC1(C(=O)OCC)CC(OCC)C1. The lowest BCUT2D eigenvalue weighted by Crippen LogP contribution is -2.63. The summed E-state index contributed by atoms with van der Waals surface area (Å²) < 4.78 is 10.5. The van der Waals surface area contributed by atoms with Gasteiger partial charge in [-0.25, -0.2) is 0 Å². The summed E-state index contributed by atoms with van der Waals surface area (Å²) in [6.45, 7) is 7.71. The van der Waals surface area contributed by atoms with E-state index in [1.807, 2.05) is 20.8 Å². The van der Waals surface area contributed by atoms with Crippen molar-refractivity contribution >= 4 is 5.97 Å². The molecule has 1 aliphatic rings. The molecule has 0 aromatic heterocycles. The van der Waals surface area contributed by atoms with Crippen LogP contribution < -0.4 is 5.32 Å². The molecule has 0 aliphatic heterocycles. The van der Waals surface area contributed by atoms with E-state index in [2.05, 4.69) is 5.32 Å². The lowest BCUT2D eigenvalue weighted by molar-refractivity contribution is -0.163. The first-order valence-corrected chi connectivity index (χ1v) is 5.72. The van der Waals surface area contributed by atoms with Gasteiger partial charge in [0.25, 0.3) is 0 Å². The molecule has 0 aromatic rings. The van der Waals surface area contributed by atoms with Gasteiger partial charge in [-0.1, -0.05) is 6.92 Å². The normalized spacial score (nSPS) is 29.7. The summed E-state index contributed by atoms with van der Waals surface area (Å²) in [5.74, 6) is -0.136. The molecular weight excluding hydrogens is 194 g/mol. The van der Waals surface area contributed by atoms with Gasteiger partial charge in [0, 0.05) is 19.4 Å². The fourth-order valence-corrected chi connectivity index (χ4v) is 2.06. The van der Waals surface area contributed by atoms with E-state index in [4.69, 9.17) is 9.47 Å². The third-order valence-corrected chi connectivity index (χ3v) is 2.74. The first-order valence-electron chi connectivity index (χ1n) is 5.72. The Morgan fingerprint density at radius 3 is 2.47 bits per heavy atom. The summed E-state index contributed by atoms with van der Waals surface area (Å²) in [6.07, 6.45) is 1.67. The Bertz CT molecular complexity index is 212. The molecule has 0 bridgehead atoms. The lowest BCUT2D eigenvalue weighted by atomic mass is 9.74. The molecule has 1 N–H and O–H groups in total. The number of hydrogen-bond donors (Lipinski definition) is 1. The first-order chi connectivity index (χ1) is 7.18. The van der Waals surface area contributed by atoms with Crippen LogP contribution in [0, 0.1) is 0 Å². The Balaban J connectivity index is 2.48. The minimum atomic E-state index is -0.482. The van der Waals surface area contributed by atoms with E-state index >= 15 is 0 Å². The van der Waals surface area contributed by atoms with Gasteiger partial charge < -0.3 is 14.8 Å². The van der Waals surface area contributed by atoms with Gasteiger partial charge in [0.1, 0.15) is 5.54 Å². The Morgan fingerprint density at radius 1 is 1.33 bits per heavy atom. The summed E-state index contributed by atoms with van der Waals surface area (Å²) in [6, 6.07) is 0. The highest BCUT2D eigenvalue weighted by Gasteiger charge is 2.51. The highest BCUT2D eigenvalue weighted by atomic mass is 16.5. The largest absolute Gasteiger partial charge is 0.465 e. The summed E-state index contributed by atoms with van der Waals surface area (Å²) >= 11 is 0. The monoisotopic (exact) mass is 215 g/mol. The van der Waals surface area contributed by atoms with Gasteiger partial charge in [0.15, 0.2) is 0 Å². The molecule has 0 unspecified atom stereocenters. The Kier molecular flexibility index (Phi) is 4.54. The van der Waals surface area contributed by atoms with Crippen molar-refractivity contribution in [2.24, 2.45) is 0 Å². The quantitative estimate of drug-likeness (QED) is 0.674. The van der Waals surface area contributed by atoms with E-state index in [1.54, 1.807) is 0 Å². The van der Waals surface area contributed by atoms with Crippen LogP contribution >= 0.6 is 0 Å².